The number of carbonyl (C=O) groups is 2. The lowest BCUT2D eigenvalue weighted by Gasteiger charge is -2.22. The highest BCUT2D eigenvalue weighted by Gasteiger charge is 2.33. The van der Waals surface area contributed by atoms with Crippen molar-refractivity contribution in [3.05, 3.63) is 59.2 Å². The number of nitrogens with zero attached hydrogens (tertiary/aromatic N) is 2. The molecule has 3 rings (SSSR count). The van der Waals surface area contributed by atoms with Gasteiger partial charge in [0.25, 0.3) is 0 Å². The fourth-order valence-corrected chi connectivity index (χ4v) is 3.44. The van der Waals surface area contributed by atoms with Crippen molar-refractivity contribution in [2.24, 2.45) is 5.10 Å². The highest BCUT2D eigenvalue weighted by molar-refractivity contribution is 6.03. The van der Waals surface area contributed by atoms with E-state index in [2.05, 4.69) is 5.10 Å². The summed E-state index contributed by atoms with van der Waals surface area (Å²) in [6.45, 7) is 2.01. The van der Waals surface area contributed by atoms with Crippen molar-refractivity contribution in [1.82, 2.24) is 5.01 Å². The van der Waals surface area contributed by atoms with Gasteiger partial charge in [-0.2, -0.15) is 5.10 Å². The Hall–Kier alpha value is -3.35. The Morgan fingerprint density at radius 1 is 1.07 bits per heavy atom. The fraction of sp³-hybridized carbons (Fsp3) is 0.348. The molecule has 1 atom stereocenters. The maximum absolute atomic E-state index is 12.9. The van der Waals surface area contributed by atoms with Crippen LogP contribution in [0.2, 0.25) is 0 Å². The zero-order valence-corrected chi connectivity index (χ0v) is 17.4. The summed E-state index contributed by atoms with van der Waals surface area (Å²) in [6.07, 6.45) is 0.915. The number of ether oxygens (including phenoxy) is 2. The summed E-state index contributed by atoms with van der Waals surface area (Å²) in [5, 5.41) is 15.0. The summed E-state index contributed by atoms with van der Waals surface area (Å²) in [5.74, 6) is 0.189. The van der Waals surface area contributed by atoms with Gasteiger partial charge in [0.15, 0.2) is 0 Å². The molecule has 2 aromatic rings. The molecule has 2 aromatic carbocycles. The first-order valence-electron chi connectivity index (χ1n) is 9.82. The number of benzene rings is 2. The van der Waals surface area contributed by atoms with Crippen LogP contribution in [0.5, 0.6) is 11.5 Å². The van der Waals surface area contributed by atoms with Gasteiger partial charge < -0.3 is 14.6 Å². The average molecular weight is 410 g/mol. The lowest BCUT2D eigenvalue weighted by atomic mass is 9.97. The monoisotopic (exact) mass is 410 g/mol. The molecule has 158 valence electrons. The number of rotatable bonds is 8. The summed E-state index contributed by atoms with van der Waals surface area (Å²) in [6, 6.07) is 13.3. The first kappa shape index (κ1) is 21.4. The summed E-state index contributed by atoms with van der Waals surface area (Å²) >= 11 is 0. The minimum Gasteiger partial charge on any atom is -0.497 e. The second kappa shape index (κ2) is 9.43. The maximum atomic E-state index is 12.9. The minimum absolute atomic E-state index is 0.0432. The summed E-state index contributed by atoms with van der Waals surface area (Å²) in [7, 11) is 3.17. The number of carbonyl (C=O) groups excluding carboxylic acids is 1. The van der Waals surface area contributed by atoms with E-state index in [9.17, 15) is 9.59 Å². The first-order chi connectivity index (χ1) is 14.4. The molecule has 1 N–H and O–H groups in total. The SMILES string of the molecule is COc1cc(OC)cc(C2=NN(C(=O)CCCC(=O)O)[C@H](c3ccc(C)cc3)C2)c1. The van der Waals surface area contributed by atoms with E-state index < -0.39 is 5.97 Å². The van der Waals surface area contributed by atoms with E-state index in [0.717, 1.165) is 22.4 Å². The highest BCUT2D eigenvalue weighted by Crippen LogP contribution is 2.35. The molecule has 0 unspecified atom stereocenters. The predicted octanol–water partition coefficient (Wildman–Crippen LogP) is 3.94. The highest BCUT2D eigenvalue weighted by atomic mass is 16.5. The molecule has 0 aromatic heterocycles. The third-order valence-corrected chi connectivity index (χ3v) is 5.09. The van der Waals surface area contributed by atoms with E-state index >= 15 is 0 Å². The van der Waals surface area contributed by atoms with Gasteiger partial charge in [0.2, 0.25) is 5.91 Å². The second-order valence-electron chi connectivity index (χ2n) is 7.26. The van der Waals surface area contributed by atoms with Crippen molar-refractivity contribution in [3.63, 3.8) is 0 Å². The summed E-state index contributed by atoms with van der Waals surface area (Å²) in [5.41, 5.74) is 3.70. The van der Waals surface area contributed by atoms with Gasteiger partial charge in [-0.25, -0.2) is 5.01 Å². The third-order valence-electron chi connectivity index (χ3n) is 5.09. The van der Waals surface area contributed by atoms with Crippen LogP contribution in [0.15, 0.2) is 47.6 Å². The van der Waals surface area contributed by atoms with Gasteiger partial charge in [-0.1, -0.05) is 29.8 Å². The number of aryl methyl sites for hydroxylation is 1. The number of hydrogen-bond donors (Lipinski definition) is 1. The molecule has 0 radical (unpaired) electrons. The van der Waals surface area contributed by atoms with Crippen molar-refractivity contribution in [1.29, 1.82) is 0 Å². The Labute approximate surface area is 175 Å². The van der Waals surface area contributed by atoms with Gasteiger partial charge in [-0.05, 0) is 31.0 Å². The van der Waals surface area contributed by atoms with Crippen LogP contribution in [0.25, 0.3) is 0 Å². The molecule has 0 fully saturated rings. The van der Waals surface area contributed by atoms with E-state index in [1.807, 2.05) is 43.3 Å². The van der Waals surface area contributed by atoms with Crippen LogP contribution < -0.4 is 9.47 Å². The molecule has 0 saturated heterocycles. The number of hydrogen-bond acceptors (Lipinski definition) is 5. The van der Waals surface area contributed by atoms with Gasteiger partial charge >= 0.3 is 5.97 Å². The van der Waals surface area contributed by atoms with Crippen LogP contribution in [-0.4, -0.2) is 41.9 Å². The molecule has 0 aliphatic carbocycles. The lowest BCUT2D eigenvalue weighted by Crippen LogP contribution is -2.27. The Morgan fingerprint density at radius 3 is 2.27 bits per heavy atom. The molecule has 0 saturated carbocycles. The van der Waals surface area contributed by atoms with Crippen molar-refractivity contribution in [3.8, 4) is 11.5 Å². The van der Waals surface area contributed by atoms with Crippen LogP contribution in [0.3, 0.4) is 0 Å². The third kappa shape index (κ3) is 4.97. The normalized spacial score (nSPS) is 15.6. The lowest BCUT2D eigenvalue weighted by molar-refractivity contribution is -0.137. The minimum atomic E-state index is -0.910. The van der Waals surface area contributed by atoms with E-state index in [4.69, 9.17) is 14.6 Å². The Kier molecular flexibility index (Phi) is 6.72. The Bertz CT molecular complexity index is 930. The maximum Gasteiger partial charge on any atom is 0.303 e. The standard InChI is InChI=1S/C23H26N2O5/c1-15-7-9-16(10-8-15)21-14-20(17-11-18(29-2)13-19(12-17)30-3)24-25(21)22(26)5-4-6-23(27)28/h7-13,21H,4-6,14H2,1-3H3,(H,27,28)/t21-/m0/s1. The van der Waals surface area contributed by atoms with Gasteiger partial charge in [0.05, 0.1) is 26.0 Å². The molecule has 1 aliphatic heterocycles. The van der Waals surface area contributed by atoms with Crippen LogP contribution in [-0.2, 0) is 9.59 Å². The first-order valence-corrected chi connectivity index (χ1v) is 9.82. The number of amides is 1. The smallest absolute Gasteiger partial charge is 0.303 e. The zero-order chi connectivity index (χ0) is 21.7. The molecule has 30 heavy (non-hydrogen) atoms. The van der Waals surface area contributed by atoms with Gasteiger partial charge in [0, 0.05) is 30.9 Å². The van der Waals surface area contributed by atoms with Gasteiger partial charge in [-0.3, -0.25) is 9.59 Å². The number of carboxylic acid groups (broad SMARTS) is 1. The van der Waals surface area contributed by atoms with Crippen molar-refractivity contribution in [2.45, 2.75) is 38.6 Å². The van der Waals surface area contributed by atoms with Gasteiger partial charge in [0.1, 0.15) is 11.5 Å². The van der Waals surface area contributed by atoms with Crippen molar-refractivity contribution < 1.29 is 24.2 Å². The molecule has 7 heteroatoms. The molecule has 0 bridgehead atoms. The van der Waals surface area contributed by atoms with Crippen LogP contribution in [0.1, 0.15) is 48.4 Å². The van der Waals surface area contributed by atoms with Gasteiger partial charge in [-0.15, -0.1) is 0 Å². The molecular formula is C23H26N2O5. The molecule has 1 amide bonds. The van der Waals surface area contributed by atoms with Crippen LogP contribution in [0, 0.1) is 6.92 Å². The zero-order valence-electron chi connectivity index (χ0n) is 17.4. The Balaban J connectivity index is 1.92. The number of aliphatic carboxylic acids is 1. The van der Waals surface area contributed by atoms with Crippen LogP contribution >= 0.6 is 0 Å². The molecule has 1 heterocycles. The predicted molar refractivity (Wildman–Crippen MR) is 113 cm³/mol. The van der Waals surface area contributed by atoms with Crippen molar-refractivity contribution >= 4 is 17.6 Å². The quantitative estimate of drug-likeness (QED) is 0.712. The van der Waals surface area contributed by atoms with E-state index in [1.54, 1.807) is 20.3 Å². The molecule has 1 aliphatic rings. The average Bonchev–Trinajstić information content (AvgIpc) is 3.19. The number of carboxylic acids is 1. The van der Waals surface area contributed by atoms with E-state index in [0.29, 0.717) is 17.9 Å². The topological polar surface area (TPSA) is 88.4 Å². The van der Waals surface area contributed by atoms with E-state index in [-0.39, 0.29) is 31.2 Å². The van der Waals surface area contributed by atoms with Crippen LogP contribution in [0.4, 0.5) is 0 Å². The van der Waals surface area contributed by atoms with E-state index in [1.165, 1.54) is 5.01 Å². The Morgan fingerprint density at radius 2 is 1.70 bits per heavy atom. The number of methoxy groups -OCH3 is 2. The molecule has 7 nitrogen and oxygen atoms in total. The second-order valence-corrected chi connectivity index (χ2v) is 7.26. The number of hydrazone groups is 1. The summed E-state index contributed by atoms with van der Waals surface area (Å²) in [4.78, 5) is 23.7. The largest absolute Gasteiger partial charge is 0.497 e. The molecule has 0 spiro atoms. The van der Waals surface area contributed by atoms with Crippen molar-refractivity contribution in [2.75, 3.05) is 14.2 Å². The fourth-order valence-electron chi connectivity index (χ4n) is 3.44. The molecular weight excluding hydrogens is 384 g/mol. The summed E-state index contributed by atoms with van der Waals surface area (Å²) < 4.78 is 10.7.